The molecule has 4 aliphatic carbocycles. The van der Waals surface area contributed by atoms with Crippen molar-refractivity contribution in [2.75, 3.05) is 5.75 Å². The second-order valence-electron chi connectivity index (χ2n) is 5.68. The van der Waals surface area contributed by atoms with Crippen LogP contribution in [0.15, 0.2) is 0 Å². The summed E-state index contributed by atoms with van der Waals surface area (Å²) in [5.41, 5.74) is -0.506. The van der Waals surface area contributed by atoms with E-state index in [1.165, 1.54) is 43.9 Å². The molecule has 4 rings (SSSR count). The van der Waals surface area contributed by atoms with Gasteiger partial charge < -0.3 is 5.11 Å². The summed E-state index contributed by atoms with van der Waals surface area (Å²) >= 11 is 1.24. The first-order valence-corrected chi connectivity index (χ1v) is 6.94. The van der Waals surface area contributed by atoms with Gasteiger partial charge in [0.15, 0.2) is 0 Å². The molecule has 0 atom stereocenters. The molecule has 2 nitrogen and oxygen atoms in total. The van der Waals surface area contributed by atoms with Gasteiger partial charge in [0.1, 0.15) is 5.40 Å². The third-order valence-corrected chi connectivity index (χ3v) is 5.66. The molecule has 4 aliphatic rings. The van der Waals surface area contributed by atoms with Gasteiger partial charge in [-0.3, -0.25) is 0 Å². The third-order valence-electron chi connectivity index (χ3n) is 4.92. The molecule has 0 aromatic heterocycles. The number of hydrogen-bond donors (Lipinski definition) is 1. The maximum absolute atomic E-state index is 10.7. The molecule has 4 bridgehead atoms. The zero-order valence-corrected chi connectivity index (χ0v) is 9.67. The summed E-state index contributed by atoms with van der Waals surface area (Å²) in [5, 5.41) is 21.5. The van der Waals surface area contributed by atoms with Crippen LogP contribution in [0.2, 0.25) is 0 Å². The van der Waals surface area contributed by atoms with E-state index in [0.29, 0.717) is 17.6 Å². The van der Waals surface area contributed by atoms with E-state index in [-0.39, 0.29) is 0 Å². The summed E-state index contributed by atoms with van der Waals surface area (Å²) < 4.78 is 0. The number of nitrogens with zero attached hydrogens (tertiary/aromatic N) is 1. The maximum Gasteiger partial charge on any atom is 0.133 e. The van der Waals surface area contributed by atoms with Gasteiger partial charge in [0.2, 0.25) is 0 Å². The highest BCUT2D eigenvalue weighted by molar-refractivity contribution is 8.03. The van der Waals surface area contributed by atoms with Gasteiger partial charge in [0.25, 0.3) is 0 Å². The average molecular weight is 223 g/mol. The van der Waals surface area contributed by atoms with Gasteiger partial charge in [0, 0.05) is 5.75 Å². The van der Waals surface area contributed by atoms with E-state index >= 15 is 0 Å². The normalized spacial score (nSPS) is 51.7. The first-order valence-electron chi connectivity index (χ1n) is 5.95. The van der Waals surface area contributed by atoms with E-state index in [0.717, 1.165) is 11.8 Å². The minimum absolute atomic E-state index is 0.495. The Bertz CT molecular complexity index is 281. The lowest BCUT2D eigenvalue weighted by atomic mass is 9.50. The van der Waals surface area contributed by atoms with Crippen LogP contribution in [-0.4, -0.2) is 16.5 Å². The molecular weight excluding hydrogens is 206 g/mol. The van der Waals surface area contributed by atoms with Crippen LogP contribution in [0.1, 0.15) is 32.1 Å². The molecule has 0 heterocycles. The van der Waals surface area contributed by atoms with Gasteiger partial charge in [-0.15, -0.1) is 0 Å². The molecule has 0 aromatic carbocycles. The van der Waals surface area contributed by atoms with Crippen molar-refractivity contribution in [3.63, 3.8) is 0 Å². The van der Waals surface area contributed by atoms with Crippen molar-refractivity contribution in [3.8, 4) is 5.40 Å². The fourth-order valence-corrected chi connectivity index (χ4v) is 5.15. The first kappa shape index (κ1) is 9.99. The molecular formula is C12H17NOS. The Balaban J connectivity index is 1.82. The van der Waals surface area contributed by atoms with Crippen LogP contribution < -0.4 is 0 Å². The van der Waals surface area contributed by atoms with Crippen molar-refractivity contribution >= 4 is 11.8 Å². The molecule has 3 heteroatoms. The zero-order valence-electron chi connectivity index (χ0n) is 8.85. The summed E-state index contributed by atoms with van der Waals surface area (Å²) in [7, 11) is 0. The van der Waals surface area contributed by atoms with Gasteiger partial charge in [-0.2, -0.15) is 5.26 Å². The third kappa shape index (κ3) is 1.42. The highest BCUT2D eigenvalue weighted by atomic mass is 32.2. The first-order chi connectivity index (χ1) is 7.22. The molecule has 0 radical (unpaired) electrons. The summed E-state index contributed by atoms with van der Waals surface area (Å²) in [6, 6.07) is 0. The Morgan fingerprint density at radius 3 is 2.13 bits per heavy atom. The zero-order chi connectivity index (χ0) is 10.5. The Labute approximate surface area is 95.0 Å². The molecule has 1 N–H and O–H groups in total. The van der Waals surface area contributed by atoms with Gasteiger partial charge in [-0.05, 0) is 67.5 Å². The van der Waals surface area contributed by atoms with Crippen LogP contribution in [0.5, 0.6) is 0 Å². The largest absolute Gasteiger partial charge is 0.388 e. The SMILES string of the molecule is N#CSCC1(O)C2CC3CC(C2)CC1C3. The van der Waals surface area contributed by atoms with Crippen molar-refractivity contribution in [2.24, 2.45) is 23.7 Å². The number of rotatable bonds is 2. The second kappa shape index (κ2) is 3.40. The Kier molecular flexibility index (Phi) is 2.26. The summed E-state index contributed by atoms with van der Waals surface area (Å²) in [6.45, 7) is 0. The van der Waals surface area contributed by atoms with Crippen LogP contribution in [0.25, 0.3) is 0 Å². The number of nitriles is 1. The lowest BCUT2D eigenvalue weighted by Crippen LogP contribution is -2.59. The molecule has 0 unspecified atom stereocenters. The smallest absolute Gasteiger partial charge is 0.133 e. The number of thioether (sulfide) groups is 1. The Morgan fingerprint density at radius 2 is 1.67 bits per heavy atom. The molecule has 0 amide bonds. The summed E-state index contributed by atoms with van der Waals surface area (Å²) in [4.78, 5) is 0. The summed E-state index contributed by atoms with van der Waals surface area (Å²) in [5.74, 6) is 3.40. The van der Waals surface area contributed by atoms with Crippen LogP contribution in [-0.2, 0) is 0 Å². The minimum Gasteiger partial charge on any atom is -0.388 e. The van der Waals surface area contributed by atoms with Gasteiger partial charge in [-0.25, -0.2) is 0 Å². The van der Waals surface area contributed by atoms with Crippen molar-refractivity contribution in [2.45, 2.75) is 37.7 Å². The second-order valence-corrected chi connectivity index (χ2v) is 6.44. The maximum atomic E-state index is 10.7. The lowest BCUT2D eigenvalue weighted by molar-refractivity contribution is -0.158. The van der Waals surface area contributed by atoms with E-state index < -0.39 is 5.60 Å². The van der Waals surface area contributed by atoms with Crippen molar-refractivity contribution in [3.05, 3.63) is 0 Å². The van der Waals surface area contributed by atoms with E-state index in [4.69, 9.17) is 5.26 Å². The molecule has 82 valence electrons. The van der Waals surface area contributed by atoms with Gasteiger partial charge >= 0.3 is 0 Å². The number of aliphatic hydroxyl groups is 1. The fraction of sp³-hybridized carbons (Fsp3) is 0.917. The number of hydrogen-bond acceptors (Lipinski definition) is 3. The highest BCUT2D eigenvalue weighted by Crippen LogP contribution is 2.58. The predicted molar refractivity (Wildman–Crippen MR) is 60.1 cm³/mol. The van der Waals surface area contributed by atoms with Crippen LogP contribution in [0, 0.1) is 34.3 Å². The molecule has 0 aromatic rings. The van der Waals surface area contributed by atoms with Crippen LogP contribution >= 0.6 is 11.8 Å². The fourth-order valence-electron chi connectivity index (χ4n) is 4.38. The molecule has 4 fully saturated rings. The van der Waals surface area contributed by atoms with Crippen molar-refractivity contribution in [1.82, 2.24) is 0 Å². The van der Waals surface area contributed by atoms with Gasteiger partial charge in [0.05, 0.1) is 5.60 Å². The minimum atomic E-state index is -0.506. The van der Waals surface area contributed by atoms with E-state index in [1.54, 1.807) is 0 Å². The predicted octanol–water partition coefficient (Wildman–Crippen LogP) is 2.39. The molecule has 0 aliphatic heterocycles. The van der Waals surface area contributed by atoms with Crippen LogP contribution in [0.4, 0.5) is 0 Å². The van der Waals surface area contributed by atoms with E-state index in [9.17, 15) is 5.11 Å². The molecule has 4 saturated carbocycles. The topological polar surface area (TPSA) is 44.0 Å². The van der Waals surface area contributed by atoms with Crippen LogP contribution in [0.3, 0.4) is 0 Å². The monoisotopic (exact) mass is 223 g/mol. The van der Waals surface area contributed by atoms with Crippen molar-refractivity contribution in [1.29, 1.82) is 5.26 Å². The van der Waals surface area contributed by atoms with E-state index in [1.807, 2.05) is 0 Å². The Hall–Kier alpha value is -0.200. The standard InChI is InChI=1S/C12H17NOS/c13-7-15-6-12(14)10-2-8-1-9(4-10)5-11(12)3-8/h8-11,14H,1-6H2. The average Bonchev–Trinajstić information content (AvgIpc) is 2.22. The van der Waals surface area contributed by atoms with Gasteiger partial charge in [-0.1, -0.05) is 0 Å². The quantitative estimate of drug-likeness (QED) is 0.731. The highest BCUT2D eigenvalue weighted by Gasteiger charge is 2.56. The van der Waals surface area contributed by atoms with E-state index in [2.05, 4.69) is 5.40 Å². The van der Waals surface area contributed by atoms with Crippen molar-refractivity contribution < 1.29 is 5.11 Å². The molecule has 0 spiro atoms. The Morgan fingerprint density at radius 1 is 1.13 bits per heavy atom. The molecule has 15 heavy (non-hydrogen) atoms. The lowest BCUT2D eigenvalue weighted by Gasteiger charge is -2.58. The summed E-state index contributed by atoms with van der Waals surface area (Å²) in [6.07, 6.45) is 6.28. The number of thiocyanates is 1. The molecule has 0 saturated heterocycles.